The summed E-state index contributed by atoms with van der Waals surface area (Å²) in [5.74, 6) is 0.323. The number of carbonyl (C=O) groups is 2. The number of fused-ring (bicyclic) bond motifs is 1. The molecule has 4 aromatic rings. The van der Waals surface area contributed by atoms with Gasteiger partial charge in [-0.25, -0.2) is 9.78 Å². The topological polar surface area (TPSA) is 124 Å². The zero-order chi connectivity index (χ0) is 26.2. The van der Waals surface area contributed by atoms with E-state index in [2.05, 4.69) is 20.4 Å². The van der Waals surface area contributed by atoms with Crippen LogP contribution in [-0.2, 0) is 9.47 Å². The van der Waals surface area contributed by atoms with Gasteiger partial charge in [0.15, 0.2) is 6.10 Å². The Morgan fingerprint density at radius 2 is 2.03 bits per heavy atom. The fourth-order valence-electron chi connectivity index (χ4n) is 3.96. The largest absolute Gasteiger partial charge is 0.444 e. The number of anilines is 1. The molecular weight excluding hydrogens is 476 g/mol. The van der Waals surface area contributed by atoms with E-state index in [0.29, 0.717) is 41.6 Å². The normalized spacial score (nSPS) is 16.1. The number of aryl methyl sites for hydroxylation is 1. The van der Waals surface area contributed by atoms with Gasteiger partial charge in [-0.15, -0.1) is 0 Å². The summed E-state index contributed by atoms with van der Waals surface area (Å²) in [6.45, 7) is 8.35. The molecule has 0 saturated carbocycles. The number of imidazole rings is 1. The molecule has 1 aliphatic rings. The molecule has 1 atom stereocenters. The average Bonchev–Trinajstić information content (AvgIpc) is 3.52. The first-order valence-corrected chi connectivity index (χ1v) is 12.0. The van der Waals surface area contributed by atoms with Crippen LogP contribution in [0.5, 0.6) is 0 Å². The van der Waals surface area contributed by atoms with E-state index in [4.69, 9.17) is 14.0 Å². The minimum Gasteiger partial charge on any atom is -0.444 e. The van der Waals surface area contributed by atoms with Crippen molar-refractivity contribution in [2.45, 2.75) is 39.4 Å². The highest BCUT2D eigenvalue weighted by Crippen LogP contribution is 2.28. The maximum absolute atomic E-state index is 13.0. The van der Waals surface area contributed by atoms with Crippen LogP contribution in [-0.4, -0.2) is 61.7 Å². The van der Waals surface area contributed by atoms with Gasteiger partial charge in [0.2, 0.25) is 5.82 Å². The van der Waals surface area contributed by atoms with Crippen LogP contribution in [0.3, 0.4) is 0 Å². The lowest BCUT2D eigenvalue weighted by molar-refractivity contribution is -0.0536. The van der Waals surface area contributed by atoms with Gasteiger partial charge in [0.05, 0.1) is 19.3 Å². The van der Waals surface area contributed by atoms with Gasteiger partial charge in [0.25, 0.3) is 11.8 Å². The Bertz CT molecular complexity index is 1450. The number of pyridine rings is 1. The Labute approximate surface area is 213 Å². The summed E-state index contributed by atoms with van der Waals surface area (Å²) in [4.78, 5) is 35.8. The Morgan fingerprint density at radius 3 is 2.84 bits per heavy atom. The summed E-state index contributed by atoms with van der Waals surface area (Å²) >= 11 is 0. The number of amides is 2. The van der Waals surface area contributed by atoms with E-state index in [1.807, 2.05) is 58.0 Å². The van der Waals surface area contributed by atoms with E-state index < -0.39 is 17.8 Å². The summed E-state index contributed by atoms with van der Waals surface area (Å²) in [5, 5.41) is 7.06. The van der Waals surface area contributed by atoms with Crippen LogP contribution in [0.1, 0.15) is 48.8 Å². The summed E-state index contributed by atoms with van der Waals surface area (Å²) in [7, 11) is 0. The lowest BCUT2D eigenvalue weighted by atomic mass is 10.1. The van der Waals surface area contributed by atoms with E-state index >= 15 is 0 Å². The third-order valence-corrected chi connectivity index (χ3v) is 5.83. The van der Waals surface area contributed by atoms with Crippen molar-refractivity contribution in [1.82, 2.24) is 24.4 Å². The van der Waals surface area contributed by atoms with E-state index in [9.17, 15) is 9.59 Å². The molecule has 11 heteroatoms. The van der Waals surface area contributed by atoms with Gasteiger partial charge >= 0.3 is 6.09 Å². The third-order valence-electron chi connectivity index (χ3n) is 5.83. The standard InChI is InChI=1S/C26H28N6O5/c1-16-8-9-17(13-18(16)28-23(33)19-14-27-21-7-5-6-10-32(19)21)22-29-24(37-30-22)20-15-31(11-12-35-20)25(34)36-26(2,3)4/h5-10,13-14,20H,11-12,15H2,1-4H3,(H,28,33)/t20-/m0/s1. The molecule has 2 amide bonds. The van der Waals surface area contributed by atoms with Gasteiger partial charge in [0.1, 0.15) is 16.9 Å². The molecule has 11 nitrogen and oxygen atoms in total. The maximum Gasteiger partial charge on any atom is 0.410 e. The van der Waals surface area contributed by atoms with E-state index in [1.54, 1.807) is 27.8 Å². The summed E-state index contributed by atoms with van der Waals surface area (Å²) < 4.78 is 18.5. The smallest absolute Gasteiger partial charge is 0.410 e. The van der Waals surface area contributed by atoms with Crippen LogP contribution in [0, 0.1) is 6.92 Å². The van der Waals surface area contributed by atoms with Crippen molar-refractivity contribution in [1.29, 1.82) is 0 Å². The van der Waals surface area contributed by atoms with E-state index in [0.717, 1.165) is 5.56 Å². The first-order chi connectivity index (χ1) is 17.7. The number of hydrogen-bond acceptors (Lipinski definition) is 8. The number of aromatic nitrogens is 4. The zero-order valence-electron chi connectivity index (χ0n) is 21.1. The highest BCUT2D eigenvalue weighted by molar-refractivity contribution is 6.04. The number of hydrogen-bond donors (Lipinski definition) is 1. The summed E-state index contributed by atoms with van der Waals surface area (Å²) in [6, 6.07) is 11.1. The minimum atomic E-state index is -0.591. The second kappa shape index (κ2) is 9.66. The molecule has 0 aliphatic carbocycles. The average molecular weight is 505 g/mol. The fraction of sp³-hybridized carbons (Fsp3) is 0.346. The number of carbonyl (C=O) groups excluding carboxylic acids is 2. The predicted octanol–water partition coefficient (Wildman–Crippen LogP) is 4.25. The summed E-state index contributed by atoms with van der Waals surface area (Å²) in [5.41, 5.74) is 2.67. The van der Waals surface area contributed by atoms with Crippen molar-refractivity contribution in [3.63, 3.8) is 0 Å². The molecule has 192 valence electrons. The Balaban J connectivity index is 1.32. The molecule has 0 bridgehead atoms. The van der Waals surface area contributed by atoms with Crippen LogP contribution in [0.25, 0.3) is 17.0 Å². The van der Waals surface area contributed by atoms with Crippen LogP contribution < -0.4 is 5.32 Å². The van der Waals surface area contributed by atoms with Crippen LogP contribution in [0.4, 0.5) is 10.5 Å². The Kier molecular flexibility index (Phi) is 6.38. The maximum atomic E-state index is 13.0. The summed E-state index contributed by atoms with van der Waals surface area (Å²) in [6.07, 6.45) is 2.35. The molecule has 1 aliphatic heterocycles. The van der Waals surface area contributed by atoms with Crippen molar-refractivity contribution in [3.8, 4) is 11.4 Å². The quantitative estimate of drug-likeness (QED) is 0.437. The van der Waals surface area contributed by atoms with Gasteiger partial charge in [0, 0.05) is 24.0 Å². The van der Waals surface area contributed by atoms with Gasteiger partial charge in [-0.1, -0.05) is 23.4 Å². The first-order valence-electron chi connectivity index (χ1n) is 12.0. The molecule has 1 N–H and O–H groups in total. The first kappa shape index (κ1) is 24.4. The molecule has 1 saturated heterocycles. The van der Waals surface area contributed by atoms with Crippen LogP contribution in [0.2, 0.25) is 0 Å². The number of nitrogens with one attached hydrogen (secondary N) is 1. The molecule has 3 aromatic heterocycles. The highest BCUT2D eigenvalue weighted by atomic mass is 16.6. The number of rotatable bonds is 4. The van der Waals surface area contributed by atoms with Crippen LogP contribution in [0.15, 0.2) is 53.3 Å². The van der Waals surface area contributed by atoms with Crippen molar-refractivity contribution in [2.75, 3.05) is 25.0 Å². The molecular formula is C26H28N6O5. The lowest BCUT2D eigenvalue weighted by Gasteiger charge is -2.32. The molecule has 0 spiro atoms. The Hall–Kier alpha value is -4.25. The third kappa shape index (κ3) is 5.31. The van der Waals surface area contributed by atoms with Gasteiger partial charge in [-0.2, -0.15) is 4.98 Å². The van der Waals surface area contributed by atoms with Gasteiger partial charge < -0.3 is 24.2 Å². The molecule has 4 heterocycles. The second-order valence-electron chi connectivity index (χ2n) is 9.80. The molecule has 0 unspecified atom stereocenters. The second-order valence-corrected chi connectivity index (χ2v) is 9.80. The number of morpholine rings is 1. The monoisotopic (exact) mass is 504 g/mol. The molecule has 5 rings (SSSR count). The van der Waals surface area contributed by atoms with Crippen molar-refractivity contribution < 1.29 is 23.6 Å². The Morgan fingerprint density at radius 1 is 1.19 bits per heavy atom. The molecule has 0 radical (unpaired) electrons. The molecule has 1 aromatic carbocycles. The zero-order valence-corrected chi connectivity index (χ0v) is 21.1. The van der Waals surface area contributed by atoms with E-state index in [-0.39, 0.29) is 18.3 Å². The molecule has 37 heavy (non-hydrogen) atoms. The van der Waals surface area contributed by atoms with Crippen molar-refractivity contribution in [3.05, 3.63) is 65.9 Å². The van der Waals surface area contributed by atoms with E-state index in [1.165, 1.54) is 0 Å². The number of benzene rings is 1. The van der Waals surface area contributed by atoms with Crippen molar-refractivity contribution >= 4 is 23.3 Å². The lowest BCUT2D eigenvalue weighted by Crippen LogP contribution is -2.44. The van der Waals surface area contributed by atoms with Crippen molar-refractivity contribution in [2.24, 2.45) is 0 Å². The highest BCUT2D eigenvalue weighted by Gasteiger charge is 2.32. The number of ether oxygens (including phenoxy) is 2. The SMILES string of the molecule is Cc1ccc(-c2noc([C@@H]3CN(C(=O)OC(C)(C)C)CCO3)n2)cc1NC(=O)c1cnc2ccccn12. The van der Waals surface area contributed by atoms with Crippen LogP contribution >= 0.6 is 0 Å². The minimum absolute atomic E-state index is 0.241. The molecule has 1 fully saturated rings. The van der Waals surface area contributed by atoms with Gasteiger partial charge in [-0.3, -0.25) is 9.20 Å². The predicted molar refractivity (Wildman–Crippen MR) is 134 cm³/mol. The fourth-order valence-corrected chi connectivity index (χ4v) is 3.96. The van der Waals surface area contributed by atoms with Gasteiger partial charge in [-0.05, 0) is 51.5 Å². The number of nitrogens with zero attached hydrogens (tertiary/aromatic N) is 5.